The molecule has 0 radical (unpaired) electrons. The summed E-state index contributed by atoms with van der Waals surface area (Å²) in [6.07, 6.45) is 1.67. The summed E-state index contributed by atoms with van der Waals surface area (Å²) < 4.78 is 0. The highest BCUT2D eigenvalue weighted by Crippen LogP contribution is 2.19. The van der Waals surface area contributed by atoms with E-state index in [4.69, 9.17) is 0 Å². The van der Waals surface area contributed by atoms with Gasteiger partial charge < -0.3 is 10.2 Å². The number of thiazole rings is 1. The minimum Gasteiger partial charge on any atom is -0.350 e. The topological polar surface area (TPSA) is 62.3 Å². The summed E-state index contributed by atoms with van der Waals surface area (Å²) in [7, 11) is 0. The van der Waals surface area contributed by atoms with E-state index in [2.05, 4.69) is 10.3 Å². The Hall–Kier alpha value is -2.21. The number of hydrogen-bond donors (Lipinski definition) is 1. The molecule has 1 aromatic heterocycles. The molecule has 24 heavy (non-hydrogen) atoms. The van der Waals surface area contributed by atoms with Crippen molar-refractivity contribution in [2.75, 3.05) is 13.1 Å². The molecule has 2 heterocycles. The van der Waals surface area contributed by atoms with Crippen LogP contribution in [0, 0.1) is 12.8 Å². The van der Waals surface area contributed by atoms with Gasteiger partial charge in [0, 0.05) is 24.0 Å². The molecule has 0 spiro atoms. The van der Waals surface area contributed by atoms with Crippen molar-refractivity contribution in [3.05, 3.63) is 52.0 Å². The maximum Gasteiger partial charge on any atom is 0.253 e. The summed E-state index contributed by atoms with van der Waals surface area (Å²) in [5, 5.41) is 5.91. The third-order valence-electron chi connectivity index (χ3n) is 4.21. The number of likely N-dealkylation sites (tertiary alicyclic amines) is 1. The Kier molecular flexibility index (Phi) is 5.25. The minimum atomic E-state index is -0.147. The summed E-state index contributed by atoms with van der Waals surface area (Å²) in [6, 6.07) is 9.24. The van der Waals surface area contributed by atoms with Gasteiger partial charge in [0.05, 0.1) is 23.2 Å². The van der Waals surface area contributed by atoms with Gasteiger partial charge in [-0.25, -0.2) is 4.98 Å². The first-order valence-electron chi connectivity index (χ1n) is 8.16. The first kappa shape index (κ1) is 16.6. The van der Waals surface area contributed by atoms with Crippen LogP contribution in [0.1, 0.15) is 33.9 Å². The zero-order valence-electron chi connectivity index (χ0n) is 13.7. The predicted molar refractivity (Wildman–Crippen MR) is 93.8 cm³/mol. The molecule has 1 fully saturated rings. The molecule has 1 unspecified atom stereocenters. The fraction of sp³-hybridized carbons (Fsp3) is 0.389. The van der Waals surface area contributed by atoms with Gasteiger partial charge >= 0.3 is 0 Å². The molecule has 1 atom stereocenters. The van der Waals surface area contributed by atoms with Gasteiger partial charge in [-0.2, -0.15) is 0 Å². The molecule has 126 valence electrons. The molecule has 1 N–H and O–H groups in total. The SMILES string of the molecule is Cc1nc(CNC(=O)C2CCCN(C(=O)c3ccccc3)C2)cs1. The van der Waals surface area contributed by atoms with Gasteiger partial charge in [0.15, 0.2) is 0 Å². The summed E-state index contributed by atoms with van der Waals surface area (Å²) in [4.78, 5) is 31.1. The highest BCUT2D eigenvalue weighted by Gasteiger charge is 2.28. The number of piperidine rings is 1. The van der Waals surface area contributed by atoms with Gasteiger partial charge in [-0.15, -0.1) is 11.3 Å². The number of carbonyl (C=O) groups excluding carboxylic acids is 2. The summed E-state index contributed by atoms with van der Waals surface area (Å²) in [5.41, 5.74) is 1.57. The van der Waals surface area contributed by atoms with E-state index in [9.17, 15) is 9.59 Å². The smallest absolute Gasteiger partial charge is 0.253 e. The van der Waals surface area contributed by atoms with Crippen LogP contribution >= 0.6 is 11.3 Å². The van der Waals surface area contributed by atoms with Crippen molar-refractivity contribution in [2.45, 2.75) is 26.3 Å². The lowest BCUT2D eigenvalue weighted by atomic mass is 9.96. The predicted octanol–water partition coefficient (Wildman–Crippen LogP) is 2.62. The quantitative estimate of drug-likeness (QED) is 0.928. The van der Waals surface area contributed by atoms with Crippen LogP contribution in [0.2, 0.25) is 0 Å². The van der Waals surface area contributed by atoms with Crippen LogP contribution in [0.15, 0.2) is 35.7 Å². The van der Waals surface area contributed by atoms with E-state index < -0.39 is 0 Å². The zero-order valence-corrected chi connectivity index (χ0v) is 14.5. The van der Waals surface area contributed by atoms with Crippen LogP contribution < -0.4 is 5.32 Å². The van der Waals surface area contributed by atoms with Gasteiger partial charge in [-0.3, -0.25) is 9.59 Å². The summed E-state index contributed by atoms with van der Waals surface area (Å²) >= 11 is 1.58. The third-order valence-corrected chi connectivity index (χ3v) is 5.03. The van der Waals surface area contributed by atoms with Gasteiger partial charge in [0.1, 0.15) is 0 Å². The van der Waals surface area contributed by atoms with Gasteiger partial charge in [-0.05, 0) is 31.9 Å². The minimum absolute atomic E-state index is 0.00299. The number of hydrogen-bond acceptors (Lipinski definition) is 4. The largest absolute Gasteiger partial charge is 0.350 e. The van der Waals surface area contributed by atoms with Gasteiger partial charge in [0.25, 0.3) is 5.91 Å². The Morgan fingerprint density at radius 1 is 1.33 bits per heavy atom. The number of aryl methyl sites for hydroxylation is 1. The maximum atomic E-state index is 12.5. The number of benzene rings is 1. The molecule has 3 rings (SSSR count). The number of amides is 2. The van der Waals surface area contributed by atoms with Crippen molar-refractivity contribution in [3.63, 3.8) is 0 Å². The van der Waals surface area contributed by atoms with Crippen molar-refractivity contribution in [2.24, 2.45) is 5.92 Å². The Bertz CT molecular complexity index is 714. The van der Waals surface area contributed by atoms with Crippen molar-refractivity contribution in [1.82, 2.24) is 15.2 Å². The Labute approximate surface area is 145 Å². The average molecular weight is 343 g/mol. The van der Waals surface area contributed by atoms with Crippen LogP contribution in [0.25, 0.3) is 0 Å². The highest BCUT2D eigenvalue weighted by atomic mass is 32.1. The first-order chi connectivity index (χ1) is 11.6. The fourth-order valence-corrected chi connectivity index (χ4v) is 3.56. The second kappa shape index (κ2) is 7.57. The number of rotatable bonds is 4. The lowest BCUT2D eigenvalue weighted by Crippen LogP contribution is -2.45. The van der Waals surface area contributed by atoms with E-state index in [1.807, 2.05) is 42.6 Å². The summed E-state index contributed by atoms with van der Waals surface area (Å²) in [5.74, 6) is -0.138. The second-order valence-corrected chi connectivity index (χ2v) is 7.09. The van der Waals surface area contributed by atoms with Crippen molar-refractivity contribution in [3.8, 4) is 0 Å². The number of aromatic nitrogens is 1. The van der Waals surface area contributed by atoms with E-state index >= 15 is 0 Å². The van der Waals surface area contributed by atoms with Gasteiger partial charge in [0.2, 0.25) is 5.91 Å². The molecule has 2 amide bonds. The Balaban J connectivity index is 1.56. The van der Waals surface area contributed by atoms with Crippen molar-refractivity contribution < 1.29 is 9.59 Å². The molecule has 5 nitrogen and oxygen atoms in total. The van der Waals surface area contributed by atoms with Crippen LogP contribution in [0.4, 0.5) is 0 Å². The molecular formula is C18H21N3O2S. The molecule has 0 saturated carbocycles. The standard InChI is InChI=1S/C18H21N3O2S/c1-13-20-16(12-24-13)10-19-17(22)15-8-5-9-21(11-15)18(23)14-6-3-2-4-7-14/h2-4,6-7,12,15H,5,8-11H2,1H3,(H,19,22). The van der Waals surface area contributed by atoms with Crippen LogP contribution in [0.5, 0.6) is 0 Å². The molecule has 0 bridgehead atoms. The molecule has 0 aliphatic carbocycles. The third kappa shape index (κ3) is 4.00. The number of carbonyl (C=O) groups is 2. The van der Waals surface area contributed by atoms with Crippen LogP contribution in [-0.4, -0.2) is 34.8 Å². The van der Waals surface area contributed by atoms with E-state index in [0.717, 1.165) is 23.5 Å². The lowest BCUT2D eigenvalue weighted by molar-refractivity contribution is -0.126. The van der Waals surface area contributed by atoms with Gasteiger partial charge in [-0.1, -0.05) is 18.2 Å². The van der Waals surface area contributed by atoms with Crippen molar-refractivity contribution >= 4 is 23.2 Å². The Morgan fingerprint density at radius 3 is 2.83 bits per heavy atom. The molecule has 2 aromatic rings. The lowest BCUT2D eigenvalue weighted by Gasteiger charge is -2.32. The molecule has 1 aliphatic rings. The van der Waals surface area contributed by atoms with E-state index in [0.29, 0.717) is 25.2 Å². The average Bonchev–Trinajstić information content (AvgIpc) is 3.05. The van der Waals surface area contributed by atoms with E-state index in [-0.39, 0.29) is 17.7 Å². The monoisotopic (exact) mass is 343 g/mol. The Morgan fingerprint density at radius 2 is 2.12 bits per heavy atom. The highest BCUT2D eigenvalue weighted by molar-refractivity contribution is 7.09. The van der Waals surface area contributed by atoms with Crippen LogP contribution in [-0.2, 0) is 11.3 Å². The molecular weight excluding hydrogens is 322 g/mol. The molecule has 1 saturated heterocycles. The second-order valence-electron chi connectivity index (χ2n) is 6.03. The fourth-order valence-electron chi connectivity index (χ4n) is 2.95. The number of nitrogens with one attached hydrogen (secondary N) is 1. The first-order valence-corrected chi connectivity index (χ1v) is 9.04. The normalized spacial score (nSPS) is 17.5. The number of nitrogens with zero attached hydrogens (tertiary/aromatic N) is 2. The molecule has 1 aliphatic heterocycles. The summed E-state index contributed by atoms with van der Waals surface area (Å²) in [6.45, 7) is 3.59. The zero-order chi connectivity index (χ0) is 16.9. The molecule has 1 aromatic carbocycles. The maximum absolute atomic E-state index is 12.5. The molecule has 6 heteroatoms. The van der Waals surface area contributed by atoms with E-state index in [1.165, 1.54) is 0 Å². The van der Waals surface area contributed by atoms with Crippen molar-refractivity contribution in [1.29, 1.82) is 0 Å². The van der Waals surface area contributed by atoms with E-state index in [1.54, 1.807) is 16.2 Å². The van der Waals surface area contributed by atoms with Crippen LogP contribution in [0.3, 0.4) is 0 Å².